The Labute approximate surface area is 125 Å². The molecule has 6 heteroatoms. The van der Waals surface area contributed by atoms with Gasteiger partial charge < -0.3 is 15.6 Å². The fourth-order valence-corrected chi connectivity index (χ4v) is 3.08. The molecule has 0 unspecified atom stereocenters. The number of imidazole rings is 1. The maximum absolute atomic E-state index is 4.59. The van der Waals surface area contributed by atoms with Gasteiger partial charge >= 0.3 is 0 Å². The summed E-state index contributed by atoms with van der Waals surface area (Å²) in [6.45, 7) is 5.13. The van der Waals surface area contributed by atoms with E-state index in [9.17, 15) is 0 Å². The van der Waals surface area contributed by atoms with E-state index < -0.39 is 0 Å². The van der Waals surface area contributed by atoms with Gasteiger partial charge in [-0.1, -0.05) is 13.3 Å². The van der Waals surface area contributed by atoms with Crippen molar-refractivity contribution in [2.45, 2.75) is 52.0 Å². The molecule has 1 aliphatic carbocycles. The summed E-state index contributed by atoms with van der Waals surface area (Å²) < 4.78 is 0. The minimum absolute atomic E-state index is 0.503. The van der Waals surface area contributed by atoms with E-state index in [4.69, 9.17) is 0 Å². The quantitative estimate of drug-likeness (QED) is 0.787. The van der Waals surface area contributed by atoms with Crippen LogP contribution in [0.25, 0.3) is 11.2 Å². The molecule has 0 atom stereocenters. The molecular formula is C15H24N6. The number of nitrogens with zero attached hydrogens (tertiary/aromatic N) is 3. The average Bonchev–Trinajstić information content (AvgIpc) is 2.97. The topological polar surface area (TPSA) is 78.5 Å². The zero-order valence-electron chi connectivity index (χ0n) is 12.8. The van der Waals surface area contributed by atoms with Crippen LogP contribution >= 0.6 is 0 Å². The minimum atomic E-state index is 0.503. The maximum atomic E-state index is 4.59. The monoisotopic (exact) mass is 288 g/mol. The van der Waals surface area contributed by atoms with Crippen molar-refractivity contribution in [2.24, 2.45) is 5.92 Å². The molecule has 1 fully saturated rings. The van der Waals surface area contributed by atoms with Gasteiger partial charge in [0, 0.05) is 12.6 Å². The minimum Gasteiger partial charge on any atom is -0.365 e. The van der Waals surface area contributed by atoms with Gasteiger partial charge in [-0.05, 0) is 38.5 Å². The highest BCUT2D eigenvalue weighted by atomic mass is 15.2. The second-order valence-corrected chi connectivity index (χ2v) is 5.80. The molecule has 114 valence electrons. The van der Waals surface area contributed by atoms with Crippen LogP contribution in [0, 0.1) is 5.92 Å². The van der Waals surface area contributed by atoms with E-state index in [1.807, 2.05) is 6.92 Å². The Bertz CT molecular complexity index is 585. The van der Waals surface area contributed by atoms with Gasteiger partial charge in [0.05, 0.1) is 6.33 Å². The number of nitrogens with one attached hydrogen (secondary N) is 3. The molecule has 3 rings (SSSR count). The molecule has 0 radical (unpaired) electrons. The van der Waals surface area contributed by atoms with E-state index >= 15 is 0 Å². The van der Waals surface area contributed by atoms with Crippen LogP contribution in [0.3, 0.4) is 0 Å². The van der Waals surface area contributed by atoms with Crippen molar-refractivity contribution in [3.05, 3.63) is 6.33 Å². The van der Waals surface area contributed by atoms with Gasteiger partial charge in [-0.25, -0.2) is 4.98 Å². The highest BCUT2D eigenvalue weighted by Gasteiger charge is 2.21. The SMILES string of the molecule is CCNc1nc(NC2CCC(CC)CC2)c2[nH]cnc2n1. The van der Waals surface area contributed by atoms with Crippen LogP contribution in [0.2, 0.25) is 0 Å². The summed E-state index contributed by atoms with van der Waals surface area (Å²) in [7, 11) is 0. The smallest absolute Gasteiger partial charge is 0.226 e. The van der Waals surface area contributed by atoms with Crippen molar-refractivity contribution in [1.29, 1.82) is 0 Å². The van der Waals surface area contributed by atoms with Gasteiger partial charge in [0.25, 0.3) is 0 Å². The van der Waals surface area contributed by atoms with Crippen LogP contribution in [0.15, 0.2) is 6.33 Å². The fraction of sp³-hybridized carbons (Fsp3) is 0.667. The maximum Gasteiger partial charge on any atom is 0.226 e. The molecule has 0 aliphatic heterocycles. The third kappa shape index (κ3) is 3.09. The molecule has 1 aliphatic rings. The standard InChI is InChI=1S/C15H24N6/c1-3-10-5-7-11(8-6-10)19-14-12-13(18-9-17-12)20-15(21-14)16-4-2/h9-11H,3-8H2,1-2H3,(H3,16,17,18,19,20,21). The van der Waals surface area contributed by atoms with Crippen molar-refractivity contribution >= 4 is 22.9 Å². The number of aromatic nitrogens is 4. The number of hydrogen-bond donors (Lipinski definition) is 3. The molecule has 2 heterocycles. The first kappa shape index (κ1) is 14.1. The normalized spacial score (nSPS) is 22.4. The van der Waals surface area contributed by atoms with Crippen molar-refractivity contribution in [2.75, 3.05) is 17.2 Å². The van der Waals surface area contributed by atoms with E-state index in [-0.39, 0.29) is 0 Å². The second-order valence-electron chi connectivity index (χ2n) is 5.80. The van der Waals surface area contributed by atoms with E-state index in [0.717, 1.165) is 23.8 Å². The van der Waals surface area contributed by atoms with Crippen LogP contribution in [-0.2, 0) is 0 Å². The molecule has 1 saturated carbocycles. The second kappa shape index (κ2) is 6.28. The zero-order chi connectivity index (χ0) is 14.7. The first-order chi connectivity index (χ1) is 10.3. The van der Waals surface area contributed by atoms with Crippen molar-refractivity contribution in [3.8, 4) is 0 Å². The van der Waals surface area contributed by atoms with Crippen LogP contribution in [0.4, 0.5) is 11.8 Å². The lowest BCUT2D eigenvalue weighted by Gasteiger charge is -2.28. The van der Waals surface area contributed by atoms with E-state index in [0.29, 0.717) is 17.6 Å². The predicted molar refractivity (Wildman–Crippen MR) is 85.5 cm³/mol. The molecule has 0 aromatic carbocycles. The van der Waals surface area contributed by atoms with Crippen molar-refractivity contribution in [1.82, 2.24) is 19.9 Å². The number of anilines is 2. The van der Waals surface area contributed by atoms with Crippen molar-refractivity contribution in [3.63, 3.8) is 0 Å². The summed E-state index contributed by atoms with van der Waals surface area (Å²) in [4.78, 5) is 16.4. The molecule has 2 aromatic rings. The number of aromatic amines is 1. The average molecular weight is 288 g/mol. The molecular weight excluding hydrogens is 264 g/mol. The Morgan fingerprint density at radius 1 is 1.19 bits per heavy atom. The Morgan fingerprint density at radius 3 is 2.71 bits per heavy atom. The molecule has 3 N–H and O–H groups in total. The van der Waals surface area contributed by atoms with Crippen LogP contribution in [-0.4, -0.2) is 32.5 Å². The molecule has 0 spiro atoms. The van der Waals surface area contributed by atoms with E-state index in [1.54, 1.807) is 6.33 Å². The highest BCUT2D eigenvalue weighted by Crippen LogP contribution is 2.29. The summed E-state index contributed by atoms with van der Waals surface area (Å²) in [5, 5.41) is 6.76. The molecule has 0 bridgehead atoms. The number of hydrogen-bond acceptors (Lipinski definition) is 5. The molecule has 0 saturated heterocycles. The fourth-order valence-electron chi connectivity index (χ4n) is 3.08. The van der Waals surface area contributed by atoms with Crippen LogP contribution in [0.1, 0.15) is 46.0 Å². The highest BCUT2D eigenvalue weighted by molar-refractivity contribution is 5.83. The van der Waals surface area contributed by atoms with Crippen LogP contribution in [0.5, 0.6) is 0 Å². The Kier molecular flexibility index (Phi) is 4.22. The summed E-state index contributed by atoms with van der Waals surface area (Å²) >= 11 is 0. The third-order valence-electron chi connectivity index (χ3n) is 4.39. The zero-order valence-corrected chi connectivity index (χ0v) is 12.8. The van der Waals surface area contributed by atoms with Crippen LogP contribution < -0.4 is 10.6 Å². The van der Waals surface area contributed by atoms with Crippen molar-refractivity contribution < 1.29 is 0 Å². The largest absolute Gasteiger partial charge is 0.365 e. The molecule has 21 heavy (non-hydrogen) atoms. The third-order valence-corrected chi connectivity index (χ3v) is 4.39. The number of H-pyrrole nitrogens is 1. The van der Waals surface area contributed by atoms with Gasteiger partial charge in [0.2, 0.25) is 5.95 Å². The molecule has 2 aromatic heterocycles. The molecule has 0 amide bonds. The summed E-state index contributed by atoms with van der Waals surface area (Å²) in [5.41, 5.74) is 1.61. The number of fused-ring (bicyclic) bond motifs is 1. The summed E-state index contributed by atoms with van der Waals surface area (Å²) in [6, 6.07) is 0.503. The van der Waals surface area contributed by atoms with Gasteiger partial charge in [0.15, 0.2) is 11.5 Å². The lowest BCUT2D eigenvalue weighted by atomic mass is 9.84. The van der Waals surface area contributed by atoms with Gasteiger partial charge in [-0.15, -0.1) is 0 Å². The van der Waals surface area contributed by atoms with E-state index in [1.165, 1.54) is 32.1 Å². The first-order valence-electron chi connectivity index (χ1n) is 8.01. The summed E-state index contributed by atoms with van der Waals surface area (Å²) in [5.74, 6) is 2.41. The molecule has 6 nitrogen and oxygen atoms in total. The summed E-state index contributed by atoms with van der Waals surface area (Å²) in [6.07, 6.45) is 8.03. The lowest BCUT2D eigenvalue weighted by molar-refractivity contribution is 0.330. The first-order valence-corrected chi connectivity index (χ1v) is 8.01. The predicted octanol–water partition coefficient (Wildman–Crippen LogP) is 3.17. The Hall–Kier alpha value is -1.85. The Morgan fingerprint density at radius 2 is 2.00 bits per heavy atom. The number of rotatable bonds is 5. The van der Waals surface area contributed by atoms with Gasteiger partial charge in [-0.3, -0.25) is 0 Å². The van der Waals surface area contributed by atoms with Gasteiger partial charge in [-0.2, -0.15) is 9.97 Å². The van der Waals surface area contributed by atoms with Gasteiger partial charge in [0.1, 0.15) is 5.52 Å². The Balaban J connectivity index is 1.78. The van der Waals surface area contributed by atoms with E-state index in [2.05, 4.69) is 37.5 Å². The lowest BCUT2D eigenvalue weighted by Crippen LogP contribution is -2.26.